The Labute approximate surface area is 189 Å². The summed E-state index contributed by atoms with van der Waals surface area (Å²) in [6, 6.07) is 4.90. The van der Waals surface area contributed by atoms with Gasteiger partial charge in [0.15, 0.2) is 0 Å². The van der Waals surface area contributed by atoms with Gasteiger partial charge in [0, 0.05) is 24.5 Å². The topological polar surface area (TPSA) is 93.1 Å². The Morgan fingerprint density at radius 3 is 2.59 bits per heavy atom. The van der Waals surface area contributed by atoms with Crippen molar-refractivity contribution < 1.29 is 19.8 Å². The van der Waals surface area contributed by atoms with Crippen LogP contribution in [0, 0.1) is 12.8 Å². The SMILES string of the molecule is CCN1C(=O)N[C@]2(CC[C@@]3(O)[C@@H](C)N(CC4CC4)CC[C@]3(c3cc(O)ccc3C)C2)C1=O. The van der Waals surface area contributed by atoms with Crippen LogP contribution in [0.2, 0.25) is 0 Å². The van der Waals surface area contributed by atoms with Gasteiger partial charge in [-0.2, -0.15) is 0 Å². The number of carbonyl (C=O) groups excluding carboxylic acids is 2. The van der Waals surface area contributed by atoms with Gasteiger partial charge in [-0.05, 0) is 95.0 Å². The Hall–Kier alpha value is -2.12. The molecule has 2 aliphatic heterocycles. The first-order valence-electron chi connectivity index (χ1n) is 12.1. The zero-order valence-corrected chi connectivity index (χ0v) is 19.4. The quantitative estimate of drug-likeness (QED) is 0.625. The molecule has 3 amide bonds. The lowest BCUT2D eigenvalue weighted by Gasteiger charge is -2.63. The average Bonchev–Trinajstić information content (AvgIpc) is 3.54. The van der Waals surface area contributed by atoms with Crippen LogP contribution in [0.5, 0.6) is 5.75 Å². The van der Waals surface area contributed by atoms with Crippen LogP contribution in [0.4, 0.5) is 4.79 Å². The van der Waals surface area contributed by atoms with Gasteiger partial charge < -0.3 is 15.5 Å². The molecule has 7 heteroatoms. The maximum atomic E-state index is 13.4. The summed E-state index contributed by atoms with van der Waals surface area (Å²) < 4.78 is 0. The van der Waals surface area contributed by atoms with Crippen molar-refractivity contribution in [1.29, 1.82) is 0 Å². The van der Waals surface area contributed by atoms with Crippen molar-refractivity contribution in [3.63, 3.8) is 0 Å². The van der Waals surface area contributed by atoms with E-state index in [-0.39, 0.29) is 23.7 Å². The lowest BCUT2D eigenvalue weighted by molar-refractivity contribution is -0.172. The number of rotatable bonds is 4. The van der Waals surface area contributed by atoms with E-state index >= 15 is 0 Å². The van der Waals surface area contributed by atoms with E-state index in [1.165, 1.54) is 17.7 Å². The van der Waals surface area contributed by atoms with Crippen LogP contribution in [-0.2, 0) is 10.2 Å². The minimum Gasteiger partial charge on any atom is -0.508 e. The number of phenolic OH excluding ortho intramolecular Hbond substituents is 1. The number of piperidine rings is 1. The predicted molar refractivity (Wildman–Crippen MR) is 120 cm³/mol. The van der Waals surface area contributed by atoms with Crippen molar-refractivity contribution in [3.05, 3.63) is 29.3 Å². The fourth-order valence-corrected chi connectivity index (χ4v) is 6.87. The standard InChI is InChI=1S/C25H35N3O4/c1-4-28-21(30)24(26-22(28)31)9-10-25(32)17(3)27(14-18-6-7-18)12-11-23(25,15-24)20-13-19(29)8-5-16(20)2/h5,8,13,17-18,29,32H,4,6-7,9-12,14-15H2,1-3H3,(H,26,31)/t17-,23-,24+,25-/m1/s1. The summed E-state index contributed by atoms with van der Waals surface area (Å²) >= 11 is 0. The first-order valence-corrected chi connectivity index (χ1v) is 12.1. The van der Waals surface area contributed by atoms with Gasteiger partial charge in [-0.1, -0.05) is 6.07 Å². The molecule has 2 heterocycles. The van der Waals surface area contributed by atoms with Crippen molar-refractivity contribution >= 4 is 11.9 Å². The van der Waals surface area contributed by atoms with Gasteiger partial charge >= 0.3 is 6.03 Å². The molecular weight excluding hydrogens is 406 g/mol. The third kappa shape index (κ3) is 2.93. The van der Waals surface area contributed by atoms with Gasteiger partial charge in [0.25, 0.3) is 5.91 Å². The number of amides is 3. The molecule has 0 unspecified atom stereocenters. The van der Waals surface area contributed by atoms with Crippen LogP contribution in [0.3, 0.4) is 0 Å². The highest BCUT2D eigenvalue weighted by Crippen LogP contribution is 2.58. The molecule has 0 aromatic heterocycles. The monoisotopic (exact) mass is 441 g/mol. The number of urea groups is 1. The normalized spacial score (nSPS) is 37.6. The molecule has 1 aromatic rings. The number of nitrogens with zero attached hydrogens (tertiary/aromatic N) is 2. The highest BCUT2D eigenvalue weighted by molar-refractivity contribution is 6.07. The number of imide groups is 1. The van der Waals surface area contributed by atoms with Gasteiger partial charge in [-0.25, -0.2) is 4.79 Å². The van der Waals surface area contributed by atoms with Crippen LogP contribution in [0.25, 0.3) is 0 Å². The number of carbonyl (C=O) groups is 2. The van der Waals surface area contributed by atoms with Gasteiger partial charge in [-0.15, -0.1) is 0 Å². The lowest BCUT2D eigenvalue weighted by Crippen LogP contribution is -2.73. The van der Waals surface area contributed by atoms with E-state index in [0.717, 1.165) is 30.1 Å². The van der Waals surface area contributed by atoms with E-state index in [1.54, 1.807) is 12.1 Å². The van der Waals surface area contributed by atoms with Crippen molar-refractivity contribution in [1.82, 2.24) is 15.1 Å². The van der Waals surface area contributed by atoms with E-state index in [1.807, 2.05) is 19.9 Å². The molecule has 0 radical (unpaired) electrons. The Bertz CT molecular complexity index is 963. The van der Waals surface area contributed by atoms with Gasteiger partial charge in [-0.3, -0.25) is 14.6 Å². The number of hydrogen-bond donors (Lipinski definition) is 3. The highest BCUT2D eigenvalue weighted by atomic mass is 16.3. The van der Waals surface area contributed by atoms with E-state index in [9.17, 15) is 19.8 Å². The molecule has 32 heavy (non-hydrogen) atoms. The minimum absolute atomic E-state index is 0.0783. The number of aliphatic hydroxyl groups is 1. The first kappa shape index (κ1) is 21.7. The average molecular weight is 442 g/mol. The number of benzene rings is 1. The van der Waals surface area contributed by atoms with Gasteiger partial charge in [0.2, 0.25) is 0 Å². The third-order valence-electron chi connectivity index (χ3n) is 8.92. The Kier molecular flexibility index (Phi) is 4.88. The molecule has 4 fully saturated rings. The first-order chi connectivity index (χ1) is 15.2. The fourth-order valence-electron chi connectivity index (χ4n) is 6.87. The maximum absolute atomic E-state index is 13.4. The zero-order valence-electron chi connectivity index (χ0n) is 19.4. The Morgan fingerprint density at radius 2 is 1.94 bits per heavy atom. The van der Waals surface area contributed by atoms with E-state index in [4.69, 9.17) is 0 Å². The number of likely N-dealkylation sites (tertiary alicyclic amines) is 1. The summed E-state index contributed by atoms with van der Waals surface area (Å²) in [4.78, 5) is 29.8. The van der Waals surface area contributed by atoms with Crippen molar-refractivity contribution in [2.45, 2.75) is 81.9 Å². The maximum Gasteiger partial charge on any atom is 0.325 e. The van der Waals surface area contributed by atoms with Crippen molar-refractivity contribution in [2.75, 3.05) is 19.6 Å². The molecule has 0 bridgehead atoms. The summed E-state index contributed by atoms with van der Waals surface area (Å²) in [5.74, 6) is 0.698. The lowest BCUT2D eigenvalue weighted by atomic mass is 9.49. The number of aryl methyl sites for hydroxylation is 1. The Morgan fingerprint density at radius 1 is 1.19 bits per heavy atom. The van der Waals surface area contributed by atoms with Gasteiger partial charge in [0.1, 0.15) is 11.3 Å². The molecule has 3 N–H and O–H groups in total. The summed E-state index contributed by atoms with van der Waals surface area (Å²) in [6.45, 7) is 8.08. The van der Waals surface area contributed by atoms with Crippen LogP contribution in [-0.4, -0.2) is 68.8 Å². The third-order valence-corrected chi connectivity index (χ3v) is 8.92. The molecule has 174 valence electrons. The second kappa shape index (κ2) is 7.19. The Balaban J connectivity index is 1.62. The molecule has 4 atom stereocenters. The summed E-state index contributed by atoms with van der Waals surface area (Å²) in [7, 11) is 0. The van der Waals surface area contributed by atoms with Crippen LogP contribution < -0.4 is 5.32 Å². The van der Waals surface area contributed by atoms with Crippen molar-refractivity contribution in [3.8, 4) is 5.75 Å². The summed E-state index contributed by atoms with van der Waals surface area (Å²) in [5.41, 5.74) is -0.913. The number of aromatic hydroxyl groups is 1. The van der Waals surface area contributed by atoms with Crippen LogP contribution in [0.15, 0.2) is 18.2 Å². The zero-order chi connectivity index (χ0) is 22.9. The number of phenols is 1. The molecular formula is C25H35N3O4. The van der Waals surface area contributed by atoms with E-state index < -0.39 is 16.6 Å². The molecule has 1 spiro atoms. The van der Waals surface area contributed by atoms with Crippen LogP contribution in [0.1, 0.15) is 63.5 Å². The summed E-state index contributed by atoms with van der Waals surface area (Å²) in [5, 5.41) is 25.8. The smallest absolute Gasteiger partial charge is 0.325 e. The highest BCUT2D eigenvalue weighted by Gasteiger charge is 2.68. The number of nitrogens with one attached hydrogen (secondary N) is 1. The predicted octanol–water partition coefficient (Wildman–Crippen LogP) is 2.67. The molecule has 4 aliphatic rings. The number of fused-ring (bicyclic) bond motifs is 1. The van der Waals surface area contributed by atoms with E-state index in [0.29, 0.717) is 32.2 Å². The molecule has 2 saturated heterocycles. The van der Waals surface area contributed by atoms with Gasteiger partial charge in [0.05, 0.1) is 5.60 Å². The minimum atomic E-state index is -1.06. The largest absolute Gasteiger partial charge is 0.508 e. The second-order valence-electron chi connectivity index (χ2n) is 10.6. The summed E-state index contributed by atoms with van der Waals surface area (Å²) in [6.07, 6.45) is 4.40. The molecule has 7 nitrogen and oxygen atoms in total. The molecule has 5 rings (SSSR count). The molecule has 1 aromatic carbocycles. The van der Waals surface area contributed by atoms with E-state index in [2.05, 4.69) is 17.1 Å². The number of hydrogen-bond acceptors (Lipinski definition) is 5. The number of likely N-dealkylation sites (N-methyl/N-ethyl adjacent to an activating group) is 1. The molecule has 2 saturated carbocycles. The molecule has 2 aliphatic carbocycles. The fraction of sp³-hybridized carbons (Fsp3) is 0.680. The van der Waals surface area contributed by atoms with Crippen molar-refractivity contribution in [2.24, 2.45) is 5.92 Å². The van der Waals surface area contributed by atoms with Crippen LogP contribution >= 0.6 is 0 Å². The second-order valence-corrected chi connectivity index (χ2v) is 10.6.